The molecule has 0 saturated heterocycles. The highest BCUT2D eigenvalue weighted by Gasteiger charge is 2.19. The summed E-state index contributed by atoms with van der Waals surface area (Å²) in [7, 11) is 0. The number of hydrogen-bond acceptors (Lipinski definition) is 6. The average molecular weight is 998 g/mol. The lowest BCUT2D eigenvalue weighted by Crippen LogP contribution is -2.30. The van der Waals surface area contributed by atoms with E-state index in [1.165, 1.54) is 109 Å². The molecule has 72 heavy (non-hydrogen) atoms. The Labute approximate surface area is 443 Å². The third kappa shape index (κ3) is 56.7. The van der Waals surface area contributed by atoms with Crippen molar-refractivity contribution in [2.24, 2.45) is 0 Å². The van der Waals surface area contributed by atoms with Crippen LogP contribution < -0.4 is 0 Å². The zero-order valence-corrected chi connectivity index (χ0v) is 46.7. The minimum atomic E-state index is -0.820. The maximum Gasteiger partial charge on any atom is 0.306 e. The molecule has 0 aromatic carbocycles. The normalized spacial score (nSPS) is 13.0. The van der Waals surface area contributed by atoms with E-state index in [4.69, 9.17) is 14.2 Å². The smallest absolute Gasteiger partial charge is 0.306 e. The standard InChI is InChI=1S/C66H108O6/c1-4-7-10-13-16-19-22-24-26-28-30-31-32-33-34-35-37-38-40-42-44-47-50-53-56-59-65(68)71-62-63(61-70-64(67)58-55-52-49-46-21-18-15-12-9-6-3)72-66(69)60-57-54-51-48-45-43-41-39-36-29-27-25-23-20-17-14-11-8-5-2/h7-8,10-11,16-17,19-20,24-27,30-31,36,39,43,45,51,54,63H,4-6,9,12-15,18,21-23,28-29,32-35,37-38,40-42,44,46-50,52-53,55-62H2,1-3H3/b10-7-,11-8-,19-16-,20-17-,26-24-,27-25-,31-30-,39-36-,45-43-,54-51-. The molecule has 0 heterocycles. The van der Waals surface area contributed by atoms with Crippen molar-refractivity contribution in [3.8, 4) is 0 Å². The molecule has 6 heteroatoms. The Kier molecular flexibility index (Phi) is 55.9. The van der Waals surface area contributed by atoms with Crippen LogP contribution in [0.4, 0.5) is 0 Å². The summed E-state index contributed by atoms with van der Waals surface area (Å²) in [4.78, 5) is 38.1. The zero-order chi connectivity index (χ0) is 52.2. The molecule has 0 saturated carbocycles. The summed E-state index contributed by atoms with van der Waals surface area (Å²) in [6, 6.07) is 0. The fraction of sp³-hybridized carbons (Fsp3) is 0.652. The van der Waals surface area contributed by atoms with E-state index in [0.717, 1.165) is 103 Å². The first-order valence-electron chi connectivity index (χ1n) is 29.5. The van der Waals surface area contributed by atoms with Crippen LogP contribution in [-0.2, 0) is 28.6 Å². The topological polar surface area (TPSA) is 78.9 Å². The Bertz CT molecular complexity index is 1520. The van der Waals surface area contributed by atoms with E-state index in [9.17, 15) is 14.4 Å². The molecule has 0 aliphatic carbocycles. The highest BCUT2D eigenvalue weighted by atomic mass is 16.6. The first-order valence-corrected chi connectivity index (χ1v) is 29.5. The van der Waals surface area contributed by atoms with Gasteiger partial charge in [0.15, 0.2) is 6.10 Å². The van der Waals surface area contributed by atoms with Crippen LogP contribution in [0, 0.1) is 0 Å². The Morgan fingerprint density at radius 2 is 0.569 bits per heavy atom. The first kappa shape index (κ1) is 67.8. The van der Waals surface area contributed by atoms with Crippen molar-refractivity contribution in [3.63, 3.8) is 0 Å². The lowest BCUT2D eigenvalue weighted by molar-refractivity contribution is -0.166. The van der Waals surface area contributed by atoms with Crippen molar-refractivity contribution in [3.05, 3.63) is 122 Å². The van der Waals surface area contributed by atoms with Gasteiger partial charge in [0.1, 0.15) is 13.2 Å². The van der Waals surface area contributed by atoms with Gasteiger partial charge in [0.25, 0.3) is 0 Å². The first-order chi connectivity index (χ1) is 35.5. The molecule has 0 N–H and O–H groups in total. The van der Waals surface area contributed by atoms with Gasteiger partial charge in [0.05, 0.1) is 0 Å². The molecular formula is C66H108O6. The van der Waals surface area contributed by atoms with E-state index in [1.54, 1.807) is 0 Å². The SMILES string of the molecule is CC/C=C\C/C=C\C/C=C\C/C=C\C/C=C\C/C=C\CCC(=O)OC(COC(=O)CCCCCCCCCCCC)COC(=O)CCCCCCCCCCCCCC/C=C\C/C=C\C/C=C\C/C=C\CC. The molecule has 1 atom stereocenters. The molecule has 6 nitrogen and oxygen atoms in total. The summed E-state index contributed by atoms with van der Waals surface area (Å²) < 4.78 is 16.8. The molecule has 0 fully saturated rings. The van der Waals surface area contributed by atoms with E-state index in [2.05, 4.69) is 136 Å². The second kappa shape index (κ2) is 59.4. The summed E-state index contributed by atoms with van der Waals surface area (Å²) in [5.74, 6) is -0.997. The second-order valence-corrected chi connectivity index (χ2v) is 19.1. The van der Waals surface area contributed by atoms with Crippen LogP contribution in [0.25, 0.3) is 0 Å². The van der Waals surface area contributed by atoms with Crippen LogP contribution in [0.2, 0.25) is 0 Å². The van der Waals surface area contributed by atoms with Crippen LogP contribution in [0.15, 0.2) is 122 Å². The van der Waals surface area contributed by atoms with Crippen molar-refractivity contribution >= 4 is 17.9 Å². The van der Waals surface area contributed by atoms with Crippen LogP contribution in [0.3, 0.4) is 0 Å². The predicted octanol–water partition coefficient (Wildman–Crippen LogP) is 20.0. The number of hydrogen-bond donors (Lipinski definition) is 0. The van der Waals surface area contributed by atoms with Gasteiger partial charge in [-0.15, -0.1) is 0 Å². The monoisotopic (exact) mass is 997 g/mol. The predicted molar refractivity (Wildman–Crippen MR) is 311 cm³/mol. The Balaban J connectivity index is 4.37. The van der Waals surface area contributed by atoms with Gasteiger partial charge in [-0.2, -0.15) is 0 Å². The fourth-order valence-electron chi connectivity index (χ4n) is 7.87. The number of ether oxygens (including phenoxy) is 3. The van der Waals surface area contributed by atoms with Crippen molar-refractivity contribution in [2.75, 3.05) is 13.2 Å². The molecule has 0 aromatic rings. The van der Waals surface area contributed by atoms with E-state index >= 15 is 0 Å². The summed E-state index contributed by atoms with van der Waals surface area (Å²) in [5, 5.41) is 0. The van der Waals surface area contributed by atoms with E-state index in [-0.39, 0.29) is 31.6 Å². The molecule has 0 aliphatic rings. The van der Waals surface area contributed by atoms with Gasteiger partial charge in [-0.05, 0) is 96.3 Å². The molecular weight excluding hydrogens is 889 g/mol. The van der Waals surface area contributed by atoms with Gasteiger partial charge < -0.3 is 14.2 Å². The Morgan fingerprint density at radius 3 is 0.903 bits per heavy atom. The fourth-order valence-corrected chi connectivity index (χ4v) is 7.87. The second-order valence-electron chi connectivity index (χ2n) is 19.1. The molecule has 0 rings (SSSR count). The van der Waals surface area contributed by atoms with E-state index in [1.807, 2.05) is 6.08 Å². The highest BCUT2D eigenvalue weighted by molar-refractivity contribution is 5.71. The maximum atomic E-state index is 12.8. The molecule has 0 spiro atoms. The Morgan fingerprint density at radius 1 is 0.292 bits per heavy atom. The van der Waals surface area contributed by atoms with E-state index < -0.39 is 12.1 Å². The van der Waals surface area contributed by atoms with Crippen LogP contribution >= 0.6 is 0 Å². The van der Waals surface area contributed by atoms with Gasteiger partial charge >= 0.3 is 17.9 Å². The van der Waals surface area contributed by atoms with Gasteiger partial charge in [-0.25, -0.2) is 0 Å². The van der Waals surface area contributed by atoms with Crippen molar-refractivity contribution in [2.45, 2.75) is 264 Å². The molecule has 0 aliphatic heterocycles. The lowest BCUT2D eigenvalue weighted by Gasteiger charge is -2.18. The largest absolute Gasteiger partial charge is 0.462 e. The molecule has 0 radical (unpaired) electrons. The van der Waals surface area contributed by atoms with Crippen molar-refractivity contribution in [1.82, 2.24) is 0 Å². The quantitative estimate of drug-likeness (QED) is 0.0261. The molecule has 1 unspecified atom stereocenters. The lowest BCUT2D eigenvalue weighted by atomic mass is 10.0. The molecule has 408 valence electrons. The number of carbonyl (C=O) groups excluding carboxylic acids is 3. The van der Waals surface area contributed by atoms with Crippen LogP contribution in [-0.4, -0.2) is 37.2 Å². The number of rotatable bonds is 52. The van der Waals surface area contributed by atoms with Gasteiger partial charge in [-0.3, -0.25) is 14.4 Å². The van der Waals surface area contributed by atoms with Crippen molar-refractivity contribution < 1.29 is 28.6 Å². The summed E-state index contributed by atoms with van der Waals surface area (Å²) in [5.41, 5.74) is 0. The summed E-state index contributed by atoms with van der Waals surface area (Å²) in [6.07, 6.45) is 82.1. The third-order valence-electron chi connectivity index (χ3n) is 12.2. The minimum absolute atomic E-state index is 0.109. The Hall–Kier alpha value is -4.19. The van der Waals surface area contributed by atoms with Crippen LogP contribution in [0.5, 0.6) is 0 Å². The highest BCUT2D eigenvalue weighted by Crippen LogP contribution is 2.15. The number of carbonyl (C=O) groups is 3. The van der Waals surface area contributed by atoms with Crippen molar-refractivity contribution in [1.29, 1.82) is 0 Å². The zero-order valence-electron chi connectivity index (χ0n) is 46.7. The van der Waals surface area contributed by atoms with Gasteiger partial charge in [0, 0.05) is 19.3 Å². The number of esters is 3. The molecule has 0 amide bonds. The minimum Gasteiger partial charge on any atom is -0.462 e. The molecule has 0 bridgehead atoms. The average Bonchev–Trinajstić information content (AvgIpc) is 3.38. The number of unbranched alkanes of at least 4 members (excludes halogenated alkanes) is 21. The maximum absolute atomic E-state index is 12.8. The number of allylic oxidation sites excluding steroid dienone is 20. The molecule has 0 aromatic heterocycles. The van der Waals surface area contributed by atoms with E-state index in [0.29, 0.717) is 19.3 Å². The summed E-state index contributed by atoms with van der Waals surface area (Å²) in [6.45, 7) is 6.34. The van der Waals surface area contributed by atoms with Gasteiger partial charge in [-0.1, -0.05) is 264 Å². The third-order valence-corrected chi connectivity index (χ3v) is 12.2. The van der Waals surface area contributed by atoms with Crippen LogP contribution in [0.1, 0.15) is 258 Å². The summed E-state index contributed by atoms with van der Waals surface area (Å²) >= 11 is 0. The van der Waals surface area contributed by atoms with Gasteiger partial charge in [0.2, 0.25) is 0 Å².